The van der Waals surface area contributed by atoms with Crippen molar-refractivity contribution in [2.24, 2.45) is 0 Å². The number of halogens is 2. The summed E-state index contributed by atoms with van der Waals surface area (Å²) in [6.07, 6.45) is 3.07. The van der Waals surface area contributed by atoms with Crippen LogP contribution < -0.4 is 0 Å². The summed E-state index contributed by atoms with van der Waals surface area (Å²) < 4.78 is 9.89. The molecule has 1 unspecified atom stereocenters. The third-order valence-electron chi connectivity index (χ3n) is 4.53. The maximum absolute atomic E-state index is 6.60. The standard InChI is InChI=1S/C18H24ClIOSSi/c1-18(2,3)23(4,5)21-13(10-11-20)12-16-17(19)14-8-6-7-9-15(14)22-16/h6-11,13H,12H2,1-5H3. The number of rotatable bonds is 5. The van der Waals surface area contributed by atoms with E-state index in [9.17, 15) is 0 Å². The zero-order valence-corrected chi connectivity index (χ0v) is 19.1. The first-order valence-electron chi connectivity index (χ1n) is 7.76. The molecule has 1 atom stereocenters. The van der Waals surface area contributed by atoms with E-state index in [1.807, 2.05) is 6.07 Å². The zero-order chi connectivity index (χ0) is 17.3. The van der Waals surface area contributed by atoms with E-state index in [2.05, 4.69) is 84.8 Å². The molecule has 1 aromatic carbocycles. The molecular formula is C18H24ClIOSSi. The monoisotopic (exact) mass is 478 g/mol. The quantitative estimate of drug-likeness (QED) is 0.320. The molecule has 0 saturated heterocycles. The number of thiophene rings is 1. The van der Waals surface area contributed by atoms with Gasteiger partial charge in [0.05, 0.1) is 11.1 Å². The third-order valence-corrected chi connectivity index (χ3v) is 11.2. The first-order valence-corrected chi connectivity index (χ1v) is 13.1. The molecule has 5 heteroatoms. The Morgan fingerprint density at radius 2 is 1.96 bits per heavy atom. The summed E-state index contributed by atoms with van der Waals surface area (Å²) in [7, 11) is -1.81. The molecule has 1 heterocycles. The Morgan fingerprint density at radius 3 is 2.52 bits per heavy atom. The zero-order valence-electron chi connectivity index (χ0n) is 14.3. The van der Waals surface area contributed by atoms with Gasteiger partial charge in [-0.1, -0.05) is 79.2 Å². The Labute approximate surface area is 163 Å². The van der Waals surface area contributed by atoms with Crippen LogP contribution in [-0.4, -0.2) is 14.4 Å². The number of benzene rings is 1. The van der Waals surface area contributed by atoms with Crippen LogP contribution in [0.25, 0.3) is 10.1 Å². The van der Waals surface area contributed by atoms with Crippen LogP contribution in [0.4, 0.5) is 0 Å². The number of fused-ring (bicyclic) bond motifs is 1. The smallest absolute Gasteiger partial charge is 0.192 e. The predicted octanol–water partition coefficient (Wildman–Crippen LogP) is 7.44. The van der Waals surface area contributed by atoms with Crippen LogP contribution in [0.5, 0.6) is 0 Å². The fourth-order valence-electron chi connectivity index (χ4n) is 2.16. The Hall–Kier alpha value is 0.117. The van der Waals surface area contributed by atoms with E-state index in [1.54, 1.807) is 11.3 Å². The lowest BCUT2D eigenvalue weighted by molar-refractivity contribution is 0.226. The maximum Gasteiger partial charge on any atom is 0.192 e. The normalized spacial score (nSPS) is 14.7. The molecule has 0 amide bonds. The molecule has 0 bridgehead atoms. The lowest BCUT2D eigenvalue weighted by Gasteiger charge is -2.38. The molecule has 0 spiro atoms. The van der Waals surface area contributed by atoms with Crippen molar-refractivity contribution >= 4 is 63.9 Å². The van der Waals surface area contributed by atoms with Crippen LogP contribution in [0.15, 0.2) is 34.4 Å². The molecular weight excluding hydrogens is 455 g/mol. The van der Waals surface area contributed by atoms with Crippen molar-refractivity contribution in [3.63, 3.8) is 0 Å². The fraction of sp³-hybridized carbons (Fsp3) is 0.444. The molecule has 2 aromatic rings. The fourth-order valence-corrected chi connectivity index (χ4v) is 5.45. The van der Waals surface area contributed by atoms with Crippen LogP contribution in [0.1, 0.15) is 25.6 Å². The first-order chi connectivity index (χ1) is 10.7. The summed E-state index contributed by atoms with van der Waals surface area (Å²) in [4.78, 5) is 1.21. The van der Waals surface area contributed by atoms with Gasteiger partial charge in [0, 0.05) is 21.4 Å². The highest BCUT2D eigenvalue weighted by molar-refractivity contribution is 14.1. The van der Waals surface area contributed by atoms with E-state index in [4.69, 9.17) is 16.0 Å². The molecule has 2 rings (SSSR count). The van der Waals surface area contributed by atoms with Gasteiger partial charge in [-0.25, -0.2) is 0 Å². The van der Waals surface area contributed by atoms with Gasteiger partial charge in [0.2, 0.25) is 0 Å². The molecule has 0 radical (unpaired) electrons. The Bertz CT molecular complexity index is 703. The van der Waals surface area contributed by atoms with Crippen LogP contribution >= 0.6 is 45.5 Å². The number of hydrogen-bond acceptors (Lipinski definition) is 2. The minimum Gasteiger partial charge on any atom is -0.410 e. The summed E-state index contributed by atoms with van der Waals surface area (Å²) in [5.41, 5.74) is 0. The molecule has 0 aliphatic rings. The molecule has 1 aromatic heterocycles. The average Bonchev–Trinajstić information content (AvgIpc) is 2.74. The Balaban J connectivity index is 2.27. The van der Waals surface area contributed by atoms with Gasteiger partial charge < -0.3 is 4.43 Å². The highest BCUT2D eigenvalue weighted by Gasteiger charge is 2.38. The minimum absolute atomic E-state index is 0.0818. The molecule has 23 heavy (non-hydrogen) atoms. The molecule has 0 aliphatic carbocycles. The van der Waals surface area contributed by atoms with Crippen LogP contribution in [0.3, 0.4) is 0 Å². The molecule has 0 fully saturated rings. The van der Waals surface area contributed by atoms with E-state index in [0.717, 1.165) is 16.8 Å². The van der Waals surface area contributed by atoms with Crippen molar-refractivity contribution in [3.05, 3.63) is 44.3 Å². The van der Waals surface area contributed by atoms with E-state index in [0.29, 0.717) is 0 Å². The van der Waals surface area contributed by atoms with Crippen molar-refractivity contribution in [2.75, 3.05) is 0 Å². The van der Waals surface area contributed by atoms with Gasteiger partial charge in [0.15, 0.2) is 8.32 Å². The molecule has 0 saturated carbocycles. The van der Waals surface area contributed by atoms with Crippen molar-refractivity contribution < 1.29 is 4.43 Å². The highest BCUT2D eigenvalue weighted by Crippen LogP contribution is 2.40. The summed E-state index contributed by atoms with van der Waals surface area (Å²) in [5.74, 6) is 0. The van der Waals surface area contributed by atoms with Crippen molar-refractivity contribution in [2.45, 2.75) is 51.4 Å². The van der Waals surface area contributed by atoms with E-state index >= 15 is 0 Å². The Kier molecular flexibility index (Phi) is 6.39. The molecule has 126 valence electrons. The number of hydrogen-bond donors (Lipinski definition) is 0. The lowest BCUT2D eigenvalue weighted by Crippen LogP contribution is -2.44. The van der Waals surface area contributed by atoms with Crippen molar-refractivity contribution in [3.8, 4) is 0 Å². The van der Waals surface area contributed by atoms with Crippen molar-refractivity contribution in [1.82, 2.24) is 0 Å². The van der Waals surface area contributed by atoms with Gasteiger partial charge >= 0.3 is 0 Å². The minimum atomic E-state index is -1.81. The van der Waals surface area contributed by atoms with Gasteiger partial charge in [-0.2, -0.15) is 0 Å². The molecule has 1 nitrogen and oxygen atoms in total. The van der Waals surface area contributed by atoms with Crippen LogP contribution in [0, 0.1) is 0 Å². The topological polar surface area (TPSA) is 9.23 Å². The second-order valence-electron chi connectivity index (χ2n) is 7.27. The van der Waals surface area contributed by atoms with Crippen LogP contribution in [-0.2, 0) is 10.8 Å². The van der Waals surface area contributed by atoms with Gasteiger partial charge in [-0.3, -0.25) is 0 Å². The van der Waals surface area contributed by atoms with E-state index < -0.39 is 8.32 Å². The van der Waals surface area contributed by atoms with Crippen molar-refractivity contribution in [1.29, 1.82) is 0 Å². The van der Waals surface area contributed by atoms with Gasteiger partial charge in [0.1, 0.15) is 0 Å². The van der Waals surface area contributed by atoms with E-state index in [-0.39, 0.29) is 11.1 Å². The predicted molar refractivity (Wildman–Crippen MR) is 116 cm³/mol. The largest absolute Gasteiger partial charge is 0.410 e. The first kappa shape index (κ1) is 19.4. The SMILES string of the molecule is CC(C)(C)[Si](C)(C)OC(C=CI)Cc1sc2ccccc2c1Cl. The summed E-state index contributed by atoms with van der Waals surface area (Å²) in [6.45, 7) is 11.4. The maximum atomic E-state index is 6.60. The Morgan fingerprint density at radius 1 is 1.30 bits per heavy atom. The highest BCUT2D eigenvalue weighted by atomic mass is 127. The summed E-state index contributed by atoms with van der Waals surface area (Å²) in [5, 5.41) is 2.24. The van der Waals surface area contributed by atoms with Gasteiger partial charge in [0.25, 0.3) is 0 Å². The second-order valence-corrected chi connectivity index (χ2v) is 14.3. The molecule has 0 N–H and O–H groups in total. The average molecular weight is 479 g/mol. The molecule has 0 aliphatic heterocycles. The second kappa shape index (κ2) is 7.56. The third kappa shape index (κ3) is 4.60. The summed E-state index contributed by atoms with van der Waals surface area (Å²) in [6, 6.07) is 8.33. The lowest BCUT2D eigenvalue weighted by atomic mass is 10.2. The summed E-state index contributed by atoms with van der Waals surface area (Å²) >= 11 is 10.6. The van der Waals surface area contributed by atoms with Gasteiger partial charge in [-0.05, 0) is 28.3 Å². The van der Waals surface area contributed by atoms with E-state index in [1.165, 1.54) is 9.58 Å². The van der Waals surface area contributed by atoms with Gasteiger partial charge in [-0.15, -0.1) is 11.3 Å². The van der Waals surface area contributed by atoms with Crippen LogP contribution in [0.2, 0.25) is 23.2 Å².